The van der Waals surface area contributed by atoms with E-state index in [1.54, 1.807) is 6.20 Å². The van der Waals surface area contributed by atoms with Crippen LogP contribution in [0, 0.1) is 3.57 Å². The number of pyridine rings is 1. The third-order valence-corrected chi connectivity index (χ3v) is 2.67. The van der Waals surface area contributed by atoms with Crippen LogP contribution in [-0.2, 0) is 6.54 Å². The summed E-state index contributed by atoms with van der Waals surface area (Å²) in [7, 11) is 0. The standard InChI is InChI=1S/C9H7ClIN3/c10-9-7(2-1-3-12-9)5-14-6-8(11)4-13-14/h1-4,6H,5H2. The summed E-state index contributed by atoms with van der Waals surface area (Å²) in [6, 6.07) is 3.82. The van der Waals surface area contributed by atoms with Crippen LogP contribution in [0.15, 0.2) is 30.7 Å². The Morgan fingerprint density at radius 2 is 2.36 bits per heavy atom. The van der Waals surface area contributed by atoms with E-state index in [2.05, 4.69) is 32.7 Å². The number of aromatic nitrogens is 3. The minimum absolute atomic E-state index is 0.540. The summed E-state index contributed by atoms with van der Waals surface area (Å²) in [5.41, 5.74) is 0.980. The molecule has 0 atom stereocenters. The maximum atomic E-state index is 5.93. The smallest absolute Gasteiger partial charge is 0.134 e. The van der Waals surface area contributed by atoms with E-state index in [-0.39, 0.29) is 0 Å². The van der Waals surface area contributed by atoms with Crippen LogP contribution < -0.4 is 0 Å². The van der Waals surface area contributed by atoms with Gasteiger partial charge in [-0.3, -0.25) is 4.68 Å². The molecule has 0 N–H and O–H groups in total. The fourth-order valence-corrected chi connectivity index (χ4v) is 1.76. The van der Waals surface area contributed by atoms with Crippen LogP contribution in [0.1, 0.15) is 5.56 Å². The van der Waals surface area contributed by atoms with Gasteiger partial charge in [-0.1, -0.05) is 17.7 Å². The van der Waals surface area contributed by atoms with E-state index in [0.717, 1.165) is 9.13 Å². The lowest BCUT2D eigenvalue weighted by molar-refractivity contribution is 0.685. The molecule has 0 aromatic carbocycles. The summed E-state index contributed by atoms with van der Waals surface area (Å²) in [5.74, 6) is 0. The van der Waals surface area contributed by atoms with Gasteiger partial charge >= 0.3 is 0 Å². The van der Waals surface area contributed by atoms with Gasteiger partial charge < -0.3 is 0 Å². The van der Waals surface area contributed by atoms with Gasteiger partial charge in [0.2, 0.25) is 0 Å². The second-order valence-corrected chi connectivity index (χ2v) is 4.41. The summed E-state index contributed by atoms with van der Waals surface area (Å²) in [5, 5.41) is 4.71. The molecule has 72 valence electrons. The highest BCUT2D eigenvalue weighted by Crippen LogP contribution is 2.13. The molecule has 2 aromatic rings. The van der Waals surface area contributed by atoms with Crippen molar-refractivity contribution in [3.05, 3.63) is 45.0 Å². The Morgan fingerprint density at radius 3 is 3.00 bits per heavy atom. The molecule has 0 aliphatic carbocycles. The van der Waals surface area contributed by atoms with E-state index < -0.39 is 0 Å². The molecule has 0 saturated heterocycles. The van der Waals surface area contributed by atoms with Gasteiger partial charge in [0.15, 0.2) is 0 Å². The van der Waals surface area contributed by atoms with Gasteiger partial charge in [0.1, 0.15) is 5.15 Å². The quantitative estimate of drug-likeness (QED) is 0.629. The van der Waals surface area contributed by atoms with E-state index in [1.165, 1.54) is 0 Å². The first-order valence-electron chi connectivity index (χ1n) is 4.03. The maximum absolute atomic E-state index is 5.93. The Bertz CT molecular complexity index is 441. The Balaban J connectivity index is 2.23. The van der Waals surface area contributed by atoms with E-state index >= 15 is 0 Å². The van der Waals surface area contributed by atoms with Gasteiger partial charge in [-0.25, -0.2) is 4.98 Å². The highest BCUT2D eigenvalue weighted by molar-refractivity contribution is 14.1. The average Bonchev–Trinajstić information content (AvgIpc) is 2.56. The second-order valence-electron chi connectivity index (χ2n) is 2.81. The SMILES string of the molecule is Clc1ncccc1Cn1cc(I)cn1. The normalized spacial score (nSPS) is 10.4. The molecular weight excluding hydrogens is 312 g/mol. The molecule has 2 heterocycles. The lowest BCUT2D eigenvalue weighted by atomic mass is 10.3. The number of nitrogens with zero attached hydrogens (tertiary/aromatic N) is 3. The van der Waals surface area contributed by atoms with Gasteiger partial charge in [0.05, 0.1) is 16.3 Å². The largest absolute Gasteiger partial charge is 0.267 e. The maximum Gasteiger partial charge on any atom is 0.134 e. The molecule has 0 unspecified atom stereocenters. The fourth-order valence-electron chi connectivity index (χ4n) is 1.14. The topological polar surface area (TPSA) is 30.7 Å². The van der Waals surface area contributed by atoms with Crippen molar-refractivity contribution in [2.24, 2.45) is 0 Å². The van der Waals surface area contributed by atoms with Crippen LogP contribution in [0.2, 0.25) is 5.15 Å². The number of halogens is 2. The van der Waals surface area contributed by atoms with Crippen LogP contribution in [0.25, 0.3) is 0 Å². The number of hydrogen-bond donors (Lipinski definition) is 0. The van der Waals surface area contributed by atoms with Gasteiger partial charge in [-0.15, -0.1) is 0 Å². The monoisotopic (exact) mass is 319 g/mol. The summed E-state index contributed by atoms with van der Waals surface area (Å²) in [4.78, 5) is 4.00. The van der Waals surface area contributed by atoms with Crippen molar-refractivity contribution in [2.75, 3.05) is 0 Å². The zero-order chi connectivity index (χ0) is 9.97. The highest BCUT2D eigenvalue weighted by Gasteiger charge is 2.01. The van der Waals surface area contributed by atoms with Crippen molar-refractivity contribution in [2.45, 2.75) is 6.54 Å². The van der Waals surface area contributed by atoms with Crippen LogP contribution >= 0.6 is 34.2 Å². The summed E-state index contributed by atoms with van der Waals surface area (Å²) >= 11 is 8.15. The predicted molar refractivity (Wildman–Crippen MR) is 63.3 cm³/mol. The first kappa shape index (κ1) is 9.92. The predicted octanol–water partition coefficient (Wildman–Crippen LogP) is 2.58. The zero-order valence-electron chi connectivity index (χ0n) is 7.19. The molecule has 2 rings (SSSR count). The van der Waals surface area contributed by atoms with Crippen molar-refractivity contribution < 1.29 is 0 Å². The Labute approximate surface area is 100 Å². The first-order valence-corrected chi connectivity index (χ1v) is 5.49. The van der Waals surface area contributed by atoms with Crippen LogP contribution in [0.3, 0.4) is 0 Å². The van der Waals surface area contributed by atoms with E-state index in [1.807, 2.05) is 29.2 Å². The molecule has 0 saturated carbocycles. The Hall–Kier alpha value is -0.620. The minimum Gasteiger partial charge on any atom is -0.267 e. The van der Waals surface area contributed by atoms with Gasteiger partial charge in [-0.05, 0) is 28.7 Å². The van der Waals surface area contributed by atoms with E-state index in [0.29, 0.717) is 11.7 Å². The van der Waals surface area contributed by atoms with Crippen molar-refractivity contribution in [1.29, 1.82) is 0 Å². The summed E-state index contributed by atoms with van der Waals surface area (Å²) in [6.45, 7) is 0.662. The molecule has 0 bridgehead atoms. The molecule has 3 nitrogen and oxygen atoms in total. The molecule has 0 aliphatic heterocycles. The Morgan fingerprint density at radius 1 is 1.50 bits per heavy atom. The lowest BCUT2D eigenvalue weighted by Crippen LogP contribution is -2.00. The third-order valence-electron chi connectivity index (χ3n) is 1.77. The highest BCUT2D eigenvalue weighted by atomic mass is 127. The first-order chi connectivity index (χ1) is 6.75. The molecule has 0 radical (unpaired) electrons. The second kappa shape index (κ2) is 4.27. The Kier molecular flexibility index (Phi) is 3.02. The van der Waals surface area contributed by atoms with E-state index in [4.69, 9.17) is 11.6 Å². The molecule has 0 amide bonds. The summed E-state index contributed by atoms with van der Waals surface area (Å²) in [6.07, 6.45) is 5.45. The molecule has 5 heteroatoms. The molecule has 0 spiro atoms. The molecular formula is C9H7ClIN3. The molecule has 14 heavy (non-hydrogen) atoms. The van der Waals surface area contributed by atoms with Crippen molar-refractivity contribution in [3.8, 4) is 0 Å². The molecule has 0 fully saturated rings. The van der Waals surface area contributed by atoms with Crippen molar-refractivity contribution >= 4 is 34.2 Å². The van der Waals surface area contributed by atoms with Crippen LogP contribution in [-0.4, -0.2) is 14.8 Å². The number of hydrogen-bond acceptors (Lipinski definition) is 2. The zero-order valence-corrected chi connectivity index (χ0v) is 10.1. The molecule has 2 aromatic heterocycles. The fraction of sp³-hybridized carbons (Fsp3) is 0.111. The van der Waals surface area contributed by atoms with Gasteiger partial charge in [-0.2, -0.15) is 5.10 Å². The summed E-state index contributed by atoms with van der Waals surface area (Å²) < 4.78 is 2.95. The average molecular weight is 320 g/mol. The lowest BCUT2D eigenvalue weighted by Gasteiger charge is -2.02. The van der Waals surface area contributed by atoms with Crippen LogP contribution in [0.5, 0.6) is 0 Å². The van der Waals surface area contributed by atoms with Gasteiger partial charge in [0.25, 0.3) is 0 Å². The van der Waals surface area contributed by atoms with Gasteiger partial charge in [0, 0.05) is 18.0 Å². The third kappa shape index (κ3) is 2.24. The number of rotatable bonds is 2. The van der Waals surface area contributed by atoms with Crippen LogP contribution in [0.4, 0.5) is 0 Å². The minimum atomic E-state index is 0.540. The van der Waals surface area contributed by atoms with Crippen molar-refractivity contribution in [3.63, 3.8) is 0 Å². The molecule has 0 aliphatic rings. The van der Waals surface area contributed by atoms with Crippen molar-refractivity contribution in [1.82, 2.24) is 14.8 Å². The van der Waals surface area contributed by atoms with E-state index in [9.17, 15) is 0 Å².